The number of amides is 2. The van der Waals surface area contributed by atoms with Crippen molar-refractivity contribution in [3.8, 4) is 11.5 Å². The van der Waals surface area contributed by atoms with Crippen LogP contribution in [0.4, 0.5) is 5.69 Å². The van der Waals surface area contributed by atoms with Gasteiger partial charge in [0.1, 0.15) is 22.8 Å². The molecule has 0 heterocycles. The Kier molecular flexibility index (Phi) is 7.74. The molecule has 3 aliphatic rings. The Balaban J connectivity index is 1.57. The monoisotopic (exact) mass is 622 g/mol. The van der Waals surface area contributed by atoms with Crippen LogP contribution in [-0.2, 0) is 20.8 Å². The lowest BCUT2D eigenvalue weighted by atomic mass is 9.55. The van der Waals surface area contributed by atoms with Crippen LogP contribution in [0.3, 0.4) is 0 Å². The maximum absolute atomic E-state index is 14.0. The number of phenolic OH excluding ortho intramolecular Hbond substituents is 2. The first-order valence-electron chi connectivity index (χ1n) is 14.1. The number of carbonyl (C=O) groups is 4. The Hall–Kier alpha value is -4.76. The van der Waals surface area contributed by atoms with Crippen LogP contribution in [0.2, 0.25) is 0 Å². The van der Waals surface area contributed by atoms with Crippen LogP contribution in [0, 0.1) is 11.8 Å². The Morgan fingerprint density at radius 2 is 1.67 bits per heavy atom. The minimum absolute atomic E-state index is 0.0412. The van der Waals surface area contributed by atoms with Gasteiger partial charge in [0.2, 0.25) is 11.7 Å². The standard InChI is InChI=1S/C31H34N4O10/c1-11-14-8-9-16(34-30(44)15(32)10-12-4-6-13(36)7-5-12)23(37)18(14)24(38)19-17(11)25(39)21-22(35(2)3)26(40)20(29(33)43)28(42)31(21,45)27(19)41/h4-9,11,15,17,21-22,25,36-37,39-41,45H,10,32H2,1-3H3,(H2,33,43)(H,34,44)/t11?,15-,17?,21?,22-,25?,31?/m0/s1. The van der Waals surface area contributed by atoms with Gasteiger partial charge >= 0.3 is 0 Å². The van der Waals surface area contributed by atoms with Crippen molar-refractivity contribution in [1.29, 1.82) is 0 Å². The molecule has 0 saturated carbocycles. The van der Waals surface area contributed by atoms with Crippen LogP contribution in [-0.4, -0.2) is 96.8 Å². The average molecular weight is 623 g/mol. The number of phenols is 2. The number of nitrogens with zero attached hydrogens (tertiary/aromatic N) is 1. The molecule has 14 heteroatoms. The normalized spacial score (nSPS) is 28.4. The molecule has 0 radical (unpaired) electrons. The summed E-state index contributed by atoms with van der Waals surface area (Å²) >= 11 is 0. The molecule has 14 nitrogen and oxygen atoms in total. The number of primary amides is 1. The second kappa shape index (κ2) is 11.0. The maximum atomic E-state index is 14.0. The molecule has 45 heavy (non-hydrogen) atoms. The Bertz CT molecular complexity index is 1700. The number of nitrogens with two attached hydrogens (primary N) is 2. The van der Waals surface area contributed by atoms with E-state index in [2.05, 4.69) is 5.32 Å². The van der Waals surface area contributed by atoms with Crippen LogP contribution < -0.4 is 16.8 Å². The van der Waals surface area contributed by atoms with Crippen molar-refractivity contribution >= 4 is 29.1 Å². The van der Waals surface area contributed by atoms with Crippen LogP contribution in [0.25, 0.3) is 0 Å². The van der Waals surface area contributed by atoms with Crippen molar-refractivity contribution in [3.05, 3.63) is 75.8 Å². The number of rotatable bonds is 6. The number of aromatic hydroxyl groups is 2. The van der Waals surface area contributed by atoms with Crippen molar-refractivity contribution in [2.75, 3.05) is 19.4 Å². The first-order valence-corrected chi connectivity index (χ1v) is 14.1. The van der Waals surface area contributed by atoms with E-state index in [1.54, 1.807) is 19.1 Å². The van der Waals surface area contributed by atoms with Crippen LogP contribution in [0.5, 0.6) is 11.5 Å². The van der Waals surface area contributed by atoms with Crippen LogP contribution in [0.15, 0.2) is 59.1 Å². The molecule has 0 saturated heterocycles. The lowest BCUT2D eigenvalue weighted by molar-refractivity contribution is -0.162. The van der Waals surface area contributed by atoms with Gasteiger partial charge in [0.15, 0.2) is 17.1 Å². The molecular formula is C31H34N4O10. The fraction of sp³-hybridized carbons (Fsp3) is 0.355. The molecule has 2 aromatic carbocycles. The van der Waals surface area contributed by atoms with Gasteiger partial charge in [0.25, 0.3) is 5.91 Å². The third-order valence-corrected chi connectivity index (χ3v) is 9.12. The summed E-state index contributed by atoms with van der Waals surface area (Å²) in [5, 5.41) is 69.0. The van der Waals surface area contributed by atoms with E-state index in [4.69, 9.17) is 11.5 Å². The summed E-state index contributed by atoms with van der Waals surface area (Å²) in [4.78, 5) is 53.9. The average Bonchev–Trinajstić information content (AvgIpc) is 2.96. The number of Topliss-reactive ketones (excluding diaryl/α,β-unsaturated/α-hetero) is 2. The molecule has 3 aliphatic carbocycles. The molecule has 0 bridgehead atoms. The SMILES string of the molecule is CC1c2ccc(NC(=O)[C@@H](N)Cc3ccc(O)cc3)c(O)c2C(=O)C2=C(O)C3(O)C(=O)C(C(N)=O)=C(O)[C@@H](N(C)C)C3C(O)C21. The maximum Gasteiger partial charge on any atom is 0.255 e. The van der Waals surface area contributed by atoms with Gasteiger partial charge in [-0.3, -0.25) is 24.1 Å². The number of hydrogen-bond acceptors (Lipinski definition) is 12. The second-order valence-electron chi connectivity index (χ2n) is 11.9. The summed E-state index contributed by atoms with van der Waals surface area (Å²) < 4.78 is 0. The molecule has 11 N–H and O–H groups in total. The molecule has 2 amide bonds. The zero-order valence-electron chi connectivity index (χ0n) is 24.6. The highest BCUT2D eigenvalue weighted by Crippen LogP contribution is 2.56. The van der Waals surface area contributed by atoms with E-state index in [-0.39, 0.29) is 29.0 Å². The minimum atomic E-state index is -3.04. The summed E-state index contributed by atoms with van der Waals surface area (Å²) in [6, 6.07) is 6.42. The van der Waals surface area contributed by atoms with E-state index in [9.17, 15) is 49.8 Å². The summed E-state index contributed by atoms with van der Waals surface area (Å²) in [6.45, 7) is 1.60. The number of likely N-dealkylation sites (N-methyl/N-ethyl adjacent to an activating group) is 1. The number of hydrogen-bond donors (Lipinski definition) is 9. The highest BCUT2D eigenvalue weighted by molar-refractivity contribution is 6.25. The topological polar surface area (TPSA) is 257 Å². The molecule has 238 valence electrons. The lowest BCUT2D eigenvalue weighted by Gasteiger charge is -2.53. The number of benzene rings is 2. The lowest BCUT2D eigenvalue weighted by Crippen LogP contribution is -2.68. The fourth-order valence-electron chi connectivity index (χ4n) is 6.93. The quantitative estimate of drug-likeness (QED) is 0.151. The third-order valence-electron chi connectivity index (χ3n) is 9.12. The molecule has 0 spiro atoms. The molecule has 0 aromatic heterocycles. The number of anilines is 1. The van der Waals surface area contributed by atoms with Gasteiger partial charge in [-0.1, -0.05) is 25.1 Å². The highest BCUT2D eigenvalue weighted by atomic mass is 16.4. The largest absolute Gasteiger partial charge is 0.510 e. The van der Waals surface area contributed by atoms with E-state index in [1.165, 1.54) is 43.3 Å². The van der Waals surface area contributed by atoms with Crippen molar-refractivity contribution < 1.29 is 49.8 Å². The van der Waals surface area contributed by atoms with Crippen molar-refractivity contribution in [1.82, 2.24) is 4.90 Å². The first-order chi connectivity index (χ1) is 21.0. The predicted molar refractivity (Wildman–Crippen MR) is 158 cm³/mol. The summed E-state index contributed by atoms with van der Waals surface area (Å²) in [6.07, 6.45) is -1.63. The molecule has 2 aromatic rings. The number of nitrogens with one attached hydrogen (secondary N) is 1. The Morgan fingerprint density at radius 1 is 1.04 bits per heavy atom. The van der Waals surface area contributed by atoms with E-state index < -0.39 is 93.3 Å². The number of carbonyl (C=O) groups excluding carboxylic acids is 4. The number of aliphatic hydroxyl groups excluding tert-OH is 3. The van der Waals surface area contributed by atoms with Crippen molar-refractivity contribution in [2.24, 2.45) is 23.3 Å². The second-order valence-corrected chi connectivity index (χ2v) is 11.9. The van der Waals surface area contributed by atoms with Gasteiger partial charge in [-0.2, -0.15) is 0 Å². The summed E-state index contributed by atoms with van der Waals surface area (Å²) in [5.74, 6) is -10.8. The molecular weight excluding hydrogens is 588 g/mol. The highest BCUT2D eigenvalue weighted by Gasteiger charge is 2.67. The summed E-state index contributed by atoms with van der Waals surface area (Å²) in [5.41, 5.74) is 7.17. The van der Waals surface area contributed by atoms with E-state index in [1.807, 2.05) is 0 Å². The van der Waals surface area contributed by atoms with Crippen molar-refractivity contribution in [2.45, 2.75) is 43.1 Å². The van der Waals surface area contributed by atoms with Gasteiger partial charge in [-0.05, 0) is 55.8 Å². The Morgan fingerprint density at radius 3 is 2.24 bits per heavy atom. The Labute approximate surface area is 256 Å². The third kappa shape index (κ3) is 4.64. The first kappa shape index (κ1) is 31.7. The molecule has 0 fully saturated rings. The van der Waals surface area contributed by atoms with E-state index >= 15 is 0 Å². The van der Waals surface area contributed by atoms with Gasteiger partial charge in [-0.15, -0.1) is 0 Å². The fourth-order valence-corrected chi connectivity index (χ4v) is 6.93. The smallest absolute Gasteiger partial charge is 0.255 e. The number of ketones is 2. The molecule has 5 rings (SSSR count). The number of fused-ring (bicyclic) bond motifs is 3. The zero-order chi connectivity index (χ0) is 33.3. The molecule has 0 aliphatic heterocycles. The van der Waals surface area contributed by atoms with Gasteiger partial charge in [-0.25, -0.2) is 0 Å². The molecule has 5 unspecified atom stereocenters. The number of aliphatic hydroxyl groups is 4. The van der Waals surface area contributed by atoms with E-state index in [0.29, 0.717) is 5.56 Å². The van der Waals surface area contributed by atoms with Crippen LogP contribution >= 0.6 is 0 Å². The van der Waals surface area contributed by atoms with Crippen molar-refractivity contribution in [3.63, 3.8) is 0 Å². The predicted octanol–water partition coefficient (Wildman–Crippen LogP) is -0.133. The minimum Gasteiger partial charge on any atom is -0.510 e. The van der Waals surface area contributed by atoms with Gasteiger partial charge in [0.05, 0.1) is 35.4 Å². The van der Waals surface area contributed by atoms with Gasteiger partial charge < -0.3 is 47.4 Å². The van der Waals surface area contributed by atoms with Crippen LogP contribution in [0.1, 0.15) is 34.3 Å². The zero-order valence-corrected chi connectivity index (χ0v) is 24.6. The molecule has 7 atom stereocenters. The van der Waals surface area contributed by atoms with Gasteiger partial charge in [0, 0.05) is 11.5 Å². The summed E-state index contributed by atoms with van der Waals surface area (Å²) in [7, 11) is 2.90. The van der Waals surface area contributed by atoms with E-state index in [0.717, 1.165) is 0 Å².